The lowest BCUT2D eigenvalue weighted by atomic mass is 9.91. The van der Waals surface area contributed by atoms with Crippen LogP contribution in [0, 0.1) is 23.2 Å². The highest BCUT2D eigenvalue weighted by atomic mass is 32.7. The smallest absolute Gasteiger partial charge is 0.388 e. The number of nitrogens with two attached hydrogens (primary N) is 2. The highest BCUT2D eigenvalue weighted by molar-refractivity contribution is 8.44. The van der Waals surface area contributed by atoms with E-state index in [0.29, 0.717) is 17.6 Å². The second kappa shape index (κ2) is 9.97. The molecule has 9 rings (SSSR count). The maximum atomic E-state index is 13.8. The summed E-state index contributed by atoms with van der Waals surface area (Å²) in [6, 6.07) is -0.854. The Morgan fingerprint density at radius 2 is 1.88 bits per heavy atom. The highest BCUT2D eigenvalue weighted by Gasteiger charge is 2.86. The highest BCUT2D eigenvalue weighted by Crippen LogP contribution is 2.80. The minimum absolute atomic E-state index is 0.0224. The molecule has 0 bridgehead atoms. The number of aromatic nitrogens is 8. The number of aromatic amines is 1. The first-order chi connectivity index (χ1) is 23.2. The van der Waals surface area contributed by atoms with Crippen LogP contribution in [0.15, 0.2) is 36.4 Å². The van der Waals surface area contributed by atoms with Crippen molar-refractivity contribution < 1.29 is 42.3 Å². The van der Waals surface area contributed by atoms with E-state index in [1.807, 2.05) is 0 Å². The van der Waals surface area contributed by atoms with Gasteiger partial charge < -0.3 is 35.7 Å². The summed E-state index contributed by atoms with van der Waals surface area (Å²) in [5.74, 6) is -1.98. The zero-order chi connectivity index (χ0) is 34.5. The van der Waals surface area contributed by atoms with Crippen LogP contribution < -0.4 is 17.0 Å². The molecular formula is C26H30N10O10P2S. The van der Waals surface area contributed by atoms with E-state index in [2.05, 4.69) is 48.7 Å². The minimum Gasteiger partial charge on any atom is -0.388 e. The molecule has 4 aliphatic carbocycles. The zero-order valence-corrected chi connectivity index (χ0v) is 27.9. The van der Waals surface area contributed by atoms with Gasteiger partial charge >= 0.3 is 14.6 Å². The Bertz CT molecular complexity index is 2250. The number of phosphoric ester groups is 1. The summed E-state index contributed by atoms with van der Waals surface area (Å²) in [5.41, 5.74) is 7.66. The van der Waals surface area contributed by atoms with E-state index >= 15 is 0 Å². The topological polar surface area (TPSA) is 291 Å². The molecule has 0 aromatic carbocycles. The first-order valence-corrected chi connectivity index (χ1v) is 19.4. The van der Waals surface area contributed by atoms with Crippen LogP contribution in [-0.2, 0) is 32.8 Å². The quantitative estimate of drug-likeness (QED) is 0.0843. The van der Waals surface area contributed by atoms with E-state index in [9.17, 15) is 29.0 Å². The molecule has 0 amide bonds. The minimum atomic E-state index is -4.99. The number of aliphatic hydroxyl groups excluding tert-OH is 2. The van der Waals surface area contributed by atoms with Crippen molar-refractivity contribution in [2.24, 2.45) is 23.2 Å². The fourth-order valence-electron chi connectivity index (χ4n) is 8.99. The Morgan fingerprint density at radius 1 is 1.10 bits per heavy atom. The largest absolute Gasteiger partial charge is 0.472 e. The van der Waals surface area contributed by atoms with Crippen molar-refractivity contribution in [1.82, 2.24) is 39.0 Å². The molecule has 260 valence electrons. The second-order valence-corrected chi connectivity index (χ2v) is 17.5. The number of rotatable bonds is 3. The molecule has 49 heavy (non-hydrogen) atoms. The molecule has 1 spiro atoms. The molecular weight excluding hydrogens is 706 g/mol. The van der Waals surface area contributed by atoms with Crippen molar-refractivity contribution >= 4 is 61.0 Å². The summed E-state index contributed by atoms with van der Waals surface area (Å²) < 4.78 is 54.0. The predicted octanol–water partition coefficient (Wildman–Crippen LogP) is 0.263. The van der Waals surface area contributed by atoms with Crippen molar-refractivity contribution in [3.05, 3.63) is 42.0 Å². The third-order valence-electron chi connectivity index (χ3n) is 11.3. The van der Waals surface area contributed by atoms with Crippen molar-refractivity contribution in [2.75, 3.05) is 24.7 Å². The second-order valence-electron chi connectivity index (χ2n) is 13.2. The van der Waals surface area contributed by atoms with Crippen LogP contribution in [0.5, 0.6) is 0 Å². The van der Waals surface area contributed by atoms with Gasteiger partial charge in [0.1, 0.15) is 35.8 Å². The number of hydrogen-bond donors (Lipinski definition) is 7. The van der Waals surface area contributed by atoms with Gasteiger partial charge in [-0.2, -0.15) is 4.98 Å². The summed E-state index contributed by atoms with van der Waals surface area (Å²) in [5, 5.41) is 23.6. The van der Waals surface area contributed by atoms with Gasteiger partial charge in [-0.05, 0) is 18.8 Å². The Balaban J connectivity index is 1.07. The van der Waals surface area contributed by atoms with E-state index < -0.39 is 92.1 Å². The molecule has 5 aliphatic rings. The van der Waals surface area contributed by atoms with E-state index in [1.165, 1.54) is 29.6 Å². The molecule has 8 N–H and O–H groups in total. The number of phosphoric acid groups is 1. The monoisotopic (exact) mass is 736 g/mol. The van der Waals surface area contributed by atoms with Crippen LogP contribution in [0.2, 0.25) is 0 Å². The van der Waals surface area contributed by atoms with Gasteiger partial charge in [-0.25, -0.2) is 29.1 Å². The third kappa shape index (κ3) is 4.07. The molecule has 20 nitrogen and oxygen atoms in total. The summed E-state index contributed by atoms with van der Waals surface area (Å²) in [4.78, 5) is 46.8. The van der Waals surface area contributed by atoms with Gasteiger partial charge in [0.25, 0.3) is 5.56 Å². The lowest BCUT2D eigenvalue weighted by Gasteiger charge is -2.35. The Labute approximate surface area is 280 Å². The van der Waals surface area contributed by atoms with Crippen LogP contribution in [0.1, 0.15) is 18.9 Å². The Hall–Kier alpha value is -3.23. The number of imidazole rings is 2. The van der Waals surface area contributed by atoms with Gasteiger partial charge in [-0.1, -0.05) is 18.3 Å². The molecule has 1 unspecified atom stereocenters. The third-order valence-corrected chi connectivity index (χ3v) is 13.9. The number of aliphatic hydroxyl groups is 2. The van der Waals surface area contributed by atoms with Gasteiger partial charge in [-0.15, -0.1) is 6.58 Å². The molecule has 4 aromatic heterocycles. The predicted molar refractivity (Wildman–Crippen MR) is 171 cm³/mol. The fourth-order valence-corrected chi connectivity index (χ4v) is 11.7. The fraction of sp³-hybridized carbons (Fsp3) is 0.538. The number of nitrogen functional groups attached to an aromatic ring is 2. The maximum absolute atomic E-state index is 13.8. The van der Waals surface area contributed by atoms with Gasteiger partial charge in [0.15, 0.2) is 22.6 Å². The molecule has 5 fully saturated rings. The standard InChI is InChI=1S/C26H30N10O10P2S/c1-2-24-6-44-48(42,49)45-16-10(11-4-25(11,18(16)38)36-9-32-14-19(27)29-7-30-20(14)36)5-43-47(40,41)46-26(24)13(24)3-12(17(26)37)35-8-31-15-21(35)33-23(28)34-22(15)39/h2,7-13,16-18,37-38H,1,3-6H2,(H,40,41)(H,42,49)(H2,27,29,30)(H3,28,33,34,39)/t10-,11-,12+,13+,16+,17-,18+,24-,25+,26+,48+/m0/s1. The van der Waals surface area contributed by atoms with Crippen LogP contribution in [0.4, 0.5) is 11.8 Å². The van der Waals surface area contributed by atoms with Crippen LogP contribution >= 0.6 is 26.9 Å². The lowest BCUT2D eigenvalue weighted by molar-refractivity contribution is -0.0561. The molecule has 1 saturated heterocycles. The number of anilines is 2. The van der Waals surface area contributed by atoms with Gasteiger partial charge in [0.05, 0.1) is 42.9 Å². The molecule has 1 aliphatic heterocycles. The molecule has 0 radical (unpaired) electrons. The van der Waals surface area contributed by atoms with Gasteiger partial charge in [0.2, 0.25) is 5.95 Å². The Kier molecular flexibility index (Phi) is 6.45. The molecule has 4 saturated carbocycles. The summed E-state index contributed by atoms with van der Waals surface area (Å²) in [6.07, 6.45) is 1.84. The van der Waals surface area contributed by atoms with Gasteiger partial charge in [0, 0.05) is 11.8 Å². The summed E-state index contributed by atoms with van der Waals surface area (Å²) in [7, 11) is -4.99. The van der Waals surface area contributed by atoms with Crippen LogP contribution in [0.3, 0.4) is 0 Å². The number of H-pyrrole nitrogens is 1. The molecule has 12 atom stereocenters. The number of thiol groups is 1. The van der Waals surface area contributed by atoms with Gasteiger partial charge in [-0.3, -0.25) is 27.9 Å². The summed E-state index contributed by atoms with van der Waals surface area (Å²) >= 11 is 4.24. The average molecular weight is 737 g/mol. The normalized spacial score (nSPS) is 44.4. The van der Waals surface area contributed by atoms with Crippen molar-refractivity contribution in [3.8, 4) is 0 Å². The first-order valence-electron chi connectivity index (χ1n) is 15.2. The summed E-state index contributed by atoms with van der Waals surface area (Å²) in [6.45, 7) is -1.31. The van der Waals surface area contributed by atoms with E-state index in [1.54, 1.807) is 4.57 Å². The van der Waals surface area contributed by atoms with Crippen molar-refractivity contribution in [3.63, 3.8) is 0 Å². The number of fused-ring (bicyclic) bond motifs is 6. The van der Waals surface area contributed by atoms with Crippen LogP contribution in [-0.4, -0.2) is 91.3 Å². The van der Waals surface area contributed by atoms with Crippen LogP contribution in [0.25, 0.3) is 22.3 Å². The number of nitrogens with zero attached hydrogens (tertiary/aromatic N) is 7. The lowest BCUT2D eigenvalue weighted by Crippen LogP contribution is -2.42. The van der Waals surface area contributed by atoms with E-state index in [0.717, 1.165) is 0 Å². The van der Waals surface area contributed by atoms with E-state index in [-0.39, 0.29) is 29.4 Å². The maximum Gasteiger partial charge on any atom is 0.472 e. The van der Waals surface area contributed by atoms with Crippen molar-refractivity contribution in [2.45, 2.75) is 48.3 Å². The number of hydrogen-bond acceptors (Lipinski definition) is 16. The zero-order valence-electron chi connectivity index (χ0n) is 25.2. The molecule has 23 heteroatoms. The number of nitrogens with one attached hydrogen (secondary N) is 1. The van der Waals surface area contributed by atoms with E-state index in [4.69, 9.17) is 29.6 Å². The SMILES string of the molecule is C=C[C@@]12CO[P@@](=O)(S)O[C@@H]3[C@@H](COP(=O)(O)O[C@]14[C@@H](O)[C@H](n1cnc5c(=O)[nH]c(N)nc51)C[C@@H]42)[C@@H]1C[C@]1(n1cnc2c(N)ncnc21)[C@@H]3O. The first kappa shape index (κ1) is 31.7. The Morgan fingerprint density at radius 3 is 2.65 bits per heavy atom. The van der Waals surface area contributed by atoms with Crippen molar-refractivity contribution in [1.29, 1.82) is 0 Å². The molecule has 5 heterocycles. The average Bonchev–Trinajstić information content (AvgIpc) is 3.51. The molecule has 4 aromatic rings.